The normalized spacial score (nSPS) is 48.8. The molecule has 0 bridgehead atoms. The second-order valence-corrected chi connectivity index (χ2v) is 20.3. The molecule has 5 saturated carbocycles. The van der Waals surface area contributed by atoms with Crippen LogP contribution in [0.4, 0.5) is 0 Å². The summed E-state index contributed by atoms with van der Waals surface area (Å²) in [7, 11) is 0. The molecule has 0 aromatic rings. The van der Waals surface area contributed by atoms with Crippen LogP contribution >= 0.6 is 0 Å². The number of carbonyl (C=O) groups is 2. The highest BCUT2D eigenvalue weighted by Crippen LogP contribution is 2.87. The number of ketones is 1. The zero-order chi connectivity index (χ0) is 36.7. The summed E-state index contributed by atoms with van der Waals surface area (Å²) in [5.74, 6) is 0.368. The summed E-state index contributed by atoms with van der Waals surface area (Å²) < 4.78 is 25.6. The summed E-state index contributed by atoms with van der Waals surface area (Å²) in [6, 6.07) is 1.20. The van der Waals surface area contributed by atoms with Crippen molar-refractivity contribution in [1.29, 1.82) is 0 Å². The Bertz CT molecular complexity index is 1410. The van der Waals surface area contributed by atoms with Gasteiger partial charge in [0.1, 0.15) is 6.10 Å². The van der Waals surface area contributed by atoms with Gasteiger partial charge in [0.2, 0.25) is 0 Å². The fourth-order valence-corrected chi connectivity index (χ4v) is 14.3. The number of fused-ring (bicyclic) bond motifs is 4. The first-order valence-electron chi connectivity index (χ1n) is 20.4. The number of rotatable bonds is 7. The Labute approximate surface area is 306 Å². The molecule has 13 atom stereocenters. The van der Waals surface area contributed by atoms with E-state index in [9.17, 15) is 14.7 Å². The lowest BCUT2D eigenvalue weighted by atomic mass is 9.43. The third-order valence-electron chi connectivity index (χ3n) is 16.9. The zero-order valence-corrected chi connectivity index (χ0v) is 32.9. The van der Waals surface area contributed by atoms with E-state index < -0.39 is 35.4 Å². The number of likely N-dealkylation sites (tertiary alicyclic amines) is 1. The first-order chi connectivity index (χ1) is 23.8. The van der Waals surface area contributed by atoms with Gasteiger partial charge in [-0.15, -0.1) is 0 Å². The first-order valence-corrected chi connectivity index (χ1v) is 20.4. The predicted molar refractivity (Wildman–Crippen MR) is 192 cm³/mol. The highest BCUT2D eigenvalue weighted by atomic mass is 16.7. The minimum Gasteiger partial charge on any atom is -0.457 e. The number of nitrogens with zero attached hydrogens (tertiary/aromatic N) is 2. The van der Waals surface area contributed by atoms with Crippen molar-refractivity contribution in [3.05, 3.63) is 0 Å². The van der Waals surface area contributed by atoms with Crippen LogP contribution in [0, 0.1) is 45.3 Å². The minimum absolute atomic E-state index is 0.000162. The Morgan fingerprint density at radius 1 is 1.04 bits per heavy atom. The lowest BCUT2D eigenvalue weighted by molar-refractivity contribution is -0.251. The standard InChI is InChI=1S/C41H67N3O7/c1-23(2)44-19-26(20-44)43-16-17-48-31(21-43)51-30-12-13-39-22-40(39)15-14-38(9)32-24(3)18-27(35(37(7,8)47)49-25(4)45)50-33(32)34(46)41(38,42)29(40)11-10-28(39)36(30,5)6/h23-24,26-33,35,47H,10-22,42H2,1-9H3. The first kappa shape index (κ1) is 36.8. The smallest absolute Gasteiger partial charge is 0.303 e. The van der Waals surface area contributed by atoms with Crippen LogP contribution in [-0.2, 0) is 28.5 Å². The molecule has 10 heteroatoms. The Morgan fingerprint density at radius 2 is 1.73 bits per heavy atom. The van der Waals surface area contributed by atoms with Crippen LogP contribution in [-0.4, -0.2) is 113 Å². The average Bonchev–Trinajstić information content (AvgIpc) is 3.64. The van der Waals surface area contributed by atoms with Crippen molar-refractivity contribution in [3.8, 4) is 0 Å². The number of nitrogens with two attached hydrogens (primary N) is 1. The van der Waals surface area contributed by atoms with Gasteiger partial charge in [-0.05, 0) is 118 Å². The SMILES string of the molecule is CC(=O)OC(C1CC(C)C2C(O1)C(=O)C1(N)C3CCC4C(C)(C)C(OC5CN(C6CN(C(C)C)C6)CCO5)CCC45CC35CCC21C)C(C)(C)O. The number of carbonyl (C=O) groups excluding carboxylic acids is 2. The summed E-state index contributed by atoms with van der Waals surface area (Å²) in [6.45, 7) is 23.4. The van der Waals surface area contributed by atoms with Gasteiger partial charge in [-0.1, -0.05) is 27.7 Å². The number of hydrogen-bond donors (Lipinski definition) is 2. The molecule has 13 unspecified atom stereocenters. The monoisotopic (exact) mass is 713 g/mol. The van der Waals surface area contributed by atoms with E-state index in [0.29, 0.717) is 24.4 Å². The maximum atomic E-state index is 15.0. The molecule has 3 aliphatic heterocycles. The van der Waals surface area contributed by atoms with Crippen molar-refractivity contribution < 1.29 is 33.6 Å². The van der Waals surface area contributed by atoms with E-state index in [0.717, 1.165) is 77.7 Å². The van der Waals surface area contributed by atoms with Crippen LogP contribution in [0.1, 0.15) is 114 Å². The van der Waals surface area contributed by atoms with Crippen molar-refractivity contribution >= 4 is 11.8 Å². The molecule has 3 heterocycles. The number of morpholine rings is 1. The molecule has 8 rings (SSSR count). The minimum atomic E-state index is -1.31. The van der Waals surface area contributed by atoms with Gasteiger partial charge in [0.15, 0.2) is 18.2 Å². The van der Waals surface area contributed by atoms with E-state index in [1.165, 1.54) is 6.92 Å². The Hall–Kier alpha value is -1.14. The fourth-order valence-electron chi connectivity index (χ4n) is 14.3. The van der Waals surface area contributed by atoms with Crippen LogP contribution in [0.3, 0.4) is 0 Å². The highest BCUT2D eigenvalue weighted by molar-refractivity contribution is 5.97. The van der Waals surface area contributed by atoms with Crippen molar-refractivity contribution in [2.24, 2.45) is 51.1 Å². The largest absolute Gasteiger partial charge is 0.457 e. The van der Waals surface area contributed by atoms with Crippen molar-refractivity contribution in [2.75, 3.05) is 32.8 Å². The third-order valence-corrected chi connectivity index (χ3v) is 16.9. The lowest BCUT2D eigenvalue weighted by Crippen LogP contribution is -2.69. The van der Waals surface area contributed by atoms with Gasteiger partial charge >= 0.3 is 5.97 Å². The molecular weight excluding hydrogens is 646 g/mol. The molecule has 10 nitrogen and oxygen atoms in total. The van der Waals surface area contributed by atoms with Gasteiger partial charge in [-0.25, -0.2) is 0 Å². The molecule has 5 aliphatic carbocycles. The zero-order valence-electron chi connectivity index (χ0n) is 32.9. The summed E-state index contributed by atoms with van der Waals surface area (Å²) in [6.07, 6.45) is 5.87. The molecule has 3 N–H and O–H groups in total. The van der Waals surface area contributed by atoms with Gasteiger partial charge in [0.05, 0.1) is 30.0 Å². The maximum Gasteiger partial charge on any atom is 0.303 e. The summed E-state index contributed by atoms with van der Waals surface area (Å²) in [4.78, 5) is 32.2. The molecule has 8 aliphatic rings. The number of aliphatic hydroxyl groups is 1. The van der Waals surface area contributed by atoms with Gasteiger partial charge in [-0.3, -0.25) is 19.4 Å². The quantitative estimate of drug-likeness (QED) is 0.364. The van der Waals surface area contributed by atoms with E-state index in [1.807, 2.05) is 0 Å². The van der Waals surface area contributed by atoms with Crippen molar-refractivity contribution in [2.45, 2.75) is 168 Å². The summed E-state index contributed by atoms with van der Waals surface area (Å²) in [5, 5.41) is 11.0. The van der Waals surface area contributed by atoms with Crippen LogP contribution < -0.4 is 5.73 Å². The number of hydrogen-bond acceptors (Lipinski definition) is 10. The van der Waals surface area contributed by atoms with Gasteiger partial charge in [0.25, 0.3) is 0 Å². The molecule has 0 aromatic heterocycles. The van der Waals surface area contributed by atoms with Crippen LogP contribution in [0.15, 0.2) is 0 Å². The molecule has 0 aromatic carbocycles. The fraction of sp³-hybridized carbons (Fsp3) is 0.951. The Balaban J connectivity index is 0.995. The van der Waals surface area contributed by atoms with Crippen LogP contribution in [0.2, 0.25) is 0 Å². The second-order valence-electron chi connectivity index (χ2n) is 20.3. The Kier molecular flexibility index (Phi) is 8.61. The molecule has 2 spiro atoms. The van der Waals surface area contributed by atoms with E-state index in [-0.39, 0.29) is 57.6 Å². The molecule has 288 valence electrons. The van der Waals surface area contributed by atoms with Gasteiger partial charge < -0.3 is 29.8 Å². The van der Waals surface area contributed by atoms with Crippen molar-refractivity contribution in [1.82, 2.24) is 9.80 Å². The third kappa shape index (κ3) is 5.11. The van der Waals surface area contributed by atoms with Crippen LogP contribution in [0.25, 0.3) is 0 Å². The highest BCUT2D eigenvalue weighted by Gasteiger charge is 2.85. The predicted octanol–water partition coefficient (Wildman–Crippen LogP) is 4.54. The topological polar surface area (TPSA) is 124 Å². The van der Waals surface area contributed by atoms with Crippen molar-refractivity contribution in [3.63, 3.8) is 0 Å². The summed E-state index contributed by atoms with van der Waals surface area (Å²) in [5.41, 5.74) is 5.34. The molecular formula is C41H67N3O7. The van der Waals surface area contributed by atoms with Gasteiger partial charge in [0, 0.05) is 51.1 Å². The Morgan fingerprint density at radius 3 is 2.39 bits per heavy atom. The van der Waals surface area contributed by atoms with Crippen LogP contribution in [0.5, 0.6) is 0 Å². The number of esters is 1. The average molecular weight is 714 g/mol. The molecule has 0 amide bonds. The summed E-state index contributed by atoms with van der Waals surface area (Å²) >= 11 is 0. The van der Waals surface area contributed by atoms with E-state index >= 15 is 0 Å². The number of ether oxygens (including phenoxy) is 4. The maximum absolute atomic E-state index is 15.0. The second kappa shape index (κ2) is 11.9. The molecule has 0 radical (unpaired) electrons. The van der Waals surface area contributed by atoms with E-state index in [1.54, 1.807) is 13.8 Å². The van der Waals surface area contributed by atoms with E-state index in [4.69, 9.17) is 24.7 Å². The lowest BCUT2D eigenvalue weighted by Gasteiger charge is -2.62. The molecule has 8 fully saturated rings. The molecule has 3 saturated heterocycles. The molecule has 51 heavy (non-hydrogen) atoms. The van der Waals surface area contributed by atoms with Gasteiger partial charge in [-0.2, -0.15) is 0 Å². The number of Topliss-reactive ketones (excluding diaryl/α,β-unsaturated/α-hetero) is 1. The van der Waals surface area contributed by atoms with E-state index in [2.05, 4.69) is 51.3 Å².